The third-order valence-corrected chi connectivity index (χ3v) is 5.59. The van der Waals surface area contributed by atoms with Gasteiger partial charge in [0.15, 0.2) is 0 Å². The van der Waals surface area contributed by atoms with E-state index in [1.54, 1.807) is 6.20 Å². The largest absolute Gasteiger partial charge is 0.475 e. The van der Waals surface area contributed by atoms with E-state index < -0.39 is 19.1 Å². The van der Waals surface area contributed by atoms with Gasteiger partial charge in [-0.1, -0.05) is 60.7 Å². The van der Waals surface area contributed by atoms with Crippen LogP contribution in [-0.4, -0.2) is 40.7 Å². The SMILES string of the molecule is N#CC(CCc1cccc(CCNC(=O)N[C@@H](Cc2ccccc2)B(O)O)c1)c1ccccn1. The highest BCUT2D eigenvalue weighted by Crippen LogP contribution is 2.19. The predicted molar refractivity (Wildman–Crippen MR) is 132 cm³/mol. The number of nitrogens with zero attached hydrogens (tertiary/aromatic N) is 2. The summed E-state index contributed by atoms with van der Waals surface area (Å²) in [5.74, 6) is -1.06. The molecule has 0 saturated carbocycles. The third-order valence-electron chi connectivity index (χ3n) is 5.59. The molecule has 0 aliphatic carbocycles. The number of nitriles is 1. The lowest BCUT2D eigenvalue weighted by atomic mass is 9.76. The number of carbonyl (C=O) groups is 1. The Bertz CT molecular complexity index is 1070. The van der Waals surface area contributed by atoms with Gasteiger partial charge in [-0.2, -0.15) is 5.26 Å². The van der Waals surface area contributed by atoms with Crippen LogP contribution in [0, 0.1) is 11.3 Å². The highest BCUT2D eigenvalue weighted by atomic mass is 16.4. The number of aromatic nitrogens is 1. The van der Waals surface area contributed by atoms with Gasteiger partial charge in [0.1, 0.15) is 0 Å². The van der Waals surface area contributed by atoms with Crippen molar-refractivity contribution in [3.8, 4) is 6.07 Å². The van der Waals surface area contributed by atoms with E-state index in [-0.39, 0.29) is 5.92 Å². The zero-order valence-electron chi connectivity index (χ0n) is 19.0. The summed E-state index contributed by atoms with van der Waals surface area (Å²) in [4.78, 5) is 16.6. The zero-order chi connectivity index (χ0) is 24.2. The van der Waals surface area contributed by atoms with Gasteiger partial charge in [0.05, 0.1) is 23.6 Å². The Morgan fingerprint density at radius 1 is 0.971 bits per heavy atom. The maximum absolute atomic E-state index is 12.3. The van der Waals surface area contributed by atoms with Crippen LogP contribution in [-0.2, 0) is 19.3 Å². The molecule has 0 bridgehead atoms. The van der Waals surface area contributed by atoms with Crippen molar-refractivity contribution in [3.05, 3.63) is 101 Å². The number of hydrogen-bond donors (Lipinski definition) is 4. The van der Waals surface area contributed by atoms with Gasteiger partial charge in [-0.05, 0) is 54.5 Å². The lowest BCUT2D eigenvalue weighted by molar-refractivity contribution is 0.237. The van der Waals surface area contributed by atoms with Crippen LogP contribution in [0.15, 0.2) is 79.0 Å². The van der Waals surface area contributed by atoms with E-state index in [0.717, 1.165) is 28.8 Å². The standard InChI is InChI=1S/C26H29BN4O3/c28-19-23(24-11-4-5-15-29-24)13-12-21-9-6-10-22(17-21)14-16-30-26(32)31-25(27(33)34)18-20-7-2-1-3-8-20/h1-11,15,17,23,25,33-34H,12-14,16,18H2,(H2,30,31,32)/t23?,25-/m0/s1. The number of benzene rings is 2. The van der Waals surface area contributed by atoms with Crippen molar-refractivity contribution < 1.29 is 14.8 Å². The average Bonchev–Trinajstić information content (AvgIpc) is 2.85. The molecule has 1 aromatic heterocycles. The summed E-state index contributed by atoms with van der Waals surface area (Å²) in [6, 6.07) is 24.9. The van der Waals surface area contributed by atoms with Crippen LogP contribution in [0.25, 0.3) is 0 Å². The molecule has 174 valence electrons. The van der Waals surface area contributed by atoms with Crippen molar-refractivity contribution in [2.75, 3.05) is 6.54 Å². The van der Waals surface area contributed by atoms with Crippen LogP contribution < -0.4 is 10.6 Å². The quantitative estimate of drug-likeness (QED) is 0.331. The molecule has 1 heterocycles. The first kappa shape index (κ1) is 25.0. The first-order chi connectivity index (χ1) is 16.5. The van der Waals surface area contributed by atoms with E-state index in [1.165, 1.54) is 0 Å². The first-order valence-corrected chi connectivity index (χ1v) is 11.4. The second-order valence-electron chi connectivity index (χ2n) is 8.15. The Hall–Kier alpha value is -3.67. The summed E-state index contributed by atoms with van der Waals surface area (Å²) in [5, 5.41) is 34.2. The van der Waals surface area contributed by atoms with Crippen molar-refractivity contribution in [2.24, 2.45) is 0 Å². The second kappa shape index (κ2) is 13.1. The van der Waals surface area contributed by atoms with Crippen LogP contribution in [0.2, 0.25) is 0 Å². The Balaban J connectivity index is 1.46. The molecule has 0 aliphatic rings. The highest BCUT2D eigenvalue weighted by molar-refractivity contribution is 6.43. The molecule has 0 spiro atoms. The van der Waals surface area contributed by atoms with E-state index >= 15 is 0 Å². The molecular weight excluding hydrogens is 427 g/mol. The van der Waals surface area contributed by atoms with Gasteiger partial charge < -0.3 is 20.7 Å². The van der Waals surface area contributed by atoms with Crippen LogP contribution >= 0.6 is 0 Å². The molecule has 0 fully saturated rings. The summed E-state index contributed by atoms with van der Waals surface area (Å²) in [5.41, 5.74) is 3.89. The predicted octanol–water partition coefficient (Wildman–Crippen LogP) is 2.79. The maximum atomic E-state index is 12.3. The topological polar surface area (TPSA) is 118 Å². The fourth-order valence-electron chi connectivity index (χ4n) is 3.75. The van der Waals surface area contributed by atoms with Gasteiger partial charge in [-0.3, -0.25) is 4.98 Å². The summed E-state index contributed by atoms with van der Waals surface area (Å²) in [6.07, 6.45) is 4.09. The second-order valence-corrected chi connectivity index (χ2v) is 8.15. The monoisotopic (exact) mass is 456 g/mol. The molecular formula is C26H29BN4O3. The van der Waals surface area contributed by atoms with Crippen molar-refractivity contribution in [1.82, 2.24) is 15.6 Å². The first-order valence-electron chi connectivity index (χ1n) is 11.4. The van der Waals surface area contributed by atoms with Crippen LogP contribution in [0.1, 0.15) is 34.7 Å². The van der Waals surface area contributed by atoms with Crippen LogP contribution in [0.3, 0.4) is 0 Å². The molecule has 1 unspecified atom stereocenters. The summed E-state index contributed by atoms with van der Waals surface area (Å²) < 4.78 is 0. The van der Waals surface area contributed by atoms with E-state index in [0.29, 0.717) is 25.8 Å². The lowest BCUT2D eigenvalue weighted by Crippen LogP contribution is -2.51. The molecule has 0 saturated heterocycles. The number of amides is 2. The summed E-state index contributed by atoms with van der Waals surface area (Å²) in [7, 11) is -1.66. The Kier molecular flexibility index (Phi) is 9.65. The average molecular weight is 456 g/mol. The minimum atomic E-state index is -1.66. The molecule has 34 heavy (non-hydrogen) atoms. The van der Waals surface area contributed by atoms with Crippen molar-refractivity contribution in [1.29, 1.82) is 5.26 Å². The molecule has 2 aromatic carbocycles. The molecule has 3 aromatic rings. The minimum Gasteiger partial charge on any atom is -0.426 e. The summed E-state index contributed by atoms with van der Waals surface area (Å²) in [6.45, 7) is 0.406. The number of aryl methyl sites for hydroxylation is 1. The van der Waals surface area contributed by atoms with Crippen LogP contribution in [0.4, 0.5) is 4.79 Å². The smallest absolute Gasteiger partial charge is 0.426 e. The van der Waals surface area contributed by atoms with Crippen molar-refractivity contribution >= 4 is 13.1 Å². The molecule has 0 radical (unpaired) electrons. The van der Waals surface area contributed by atoms with E-state index in [4.69, 9.17) is 0 Å². The normalized spacial score (nSPS) is 12.3. The van der Waals surface area contributed by atoms with Crippen molar-refractivity contribution in [2.45, 2.75) is 37.5 Å². The van der Waals surface area contributed by atoms with Gasteiger partial charge >= 0.3 is 13.1 Å². The number of carbonyl (C=O) groups excluding carboxylic acids is 1. The van der Waals surface area contributed by atoms with E-state index in [2.05, 4.69) is 27.8 Å². The Morgan fingerprint density at radius 3 is 2.35 bits per heavy atom. The van der Waals surface area contributed by atoms with E-state index in [1.807, 2.05) is 66.7 Å². The number of urea groups is 1. The van der Waals surface area contributed by atoms with Gasteiger partial charge in [0, 0.05) is 12.7 Å². The molecule has 2 atom stereocenters. The van der Waals surface area contributed by atoms with Gasteiger partial charge in [-0.15, -0.1) is 0 Å². The minimum absolute atomic E-state index is 0.249. The van der Waals surface area contributed by atoms with Gasteiger partial charge in [0.25, 0.3) is 0 Å². The van der Waals surface area contributed by atoms with Gasteiger partial charge in [0.2, 0.25) is 0 Å². The lowest BCUT2D eigenvalue weighted by Gasteiger charge is -2.18. The molecule has 2 amide bonds. The highest BCUT2D eigenvalue weighted by Gasteiger charge is 2.25. The maximum Gasteiger partial charge on any atom is 0.475 e. The molecule has 8 heteroatoms. The fourth-order valence-corrected chi connectivity index (χ4v) is 3.75. The molecule has 0 aliphatic heterocycles. The van der Waals surface area contributed by atoms with Gasteiger partial charge in [-0.25, -0.2) is 4.79 Å². The Labute approximate surface area is 200 Å². The fraction of sp³-hybridized carbons (Fsp3) is 0.269. The molecule has 3 rings (SSSR count). The number of pyridine rings is 1. The van der Waals surface area contributed by atoms with Crippen LogP contribution in [0.5, 0.6) is 0 Å². The zero-order valence-corrected chi connectivity index (χ0v) is 19.0. The molecule has 4 N–H and O–H groups in total. The number of nitrogens with one attached hydrogen (secondary N) is 2. The molecule has 7 nitrogen and oxygen atoms in total. The van der Waals surface area contributed by atoms with E-state index in [9.17, 15) is 20.1 Å². The van der Waals surface area contributed by atoms with Crippen molar-refractivity contribution in [3.63, 3.8) is 0 Å². The Morgan fingerprint density at radius 2 is 1.68 bits per heavy atom. The summed E-state index contributed by atoms with van der Waals surface area (Å²) >= 11 is 0. The third kappa shape index (κ3) is 8.03. The number of hydrogen-bond acceptors (Lipinski definition) is 5. The number of rotatable bonds is 11.